The first-order chi connectivity index (χ1) is 45.2. The number of carbonyl (C=O) groups is 3. The average Bonchev–Trinajstić information content (AvgIpc) is 3.74. The maximum absolute atomic E-state index is 12.9. The Hall–Kier alpha value is -4.05. The van der Waals surface area contributed by atoms with E-state index in [1.165, 1.54) is 51.4 Å². The molecule has 0 aromatic heterocycles. The predicted octanol–water partition coefficient (Wildman–Crippen LogP) is 20.2. The van der Waals surface area contributed by atoms with Crippen molar-refractivity contribution in [1.29, 1.82) is 0 Å². The van der Waals surface area contributed by atoms with Crippen molar-refractivity contribution >= 4 is 33.6 Å². The largest absolute Gasteiger partial charge is 0.472 e. The van der Waals surface area contributed by atoms with Crippen LogP contribution in [0.2, 0.25) is 0 Å². The van der Waals surface area contributed by atoms with Gasteiger partial charge in [-0.3, -0.25) is 32.5 Å². The van der Waals surface area contributed by atoms with Gasteiger partial charge in [-0.1, -0.05) is 251 Å². The van der Waals surface area contributed by atoms with Gasteiger partial charge in [-0.2, -0.15) is 0 Å². The molecule has 534 valence electrons. The van der Waals surface area contributed by atoms with E-state index in [2.05, 4.69) is 142 Å². The molecule has 5 unspecified atom stereocenters. The van der Waals surface area contributed by atoms with Crippen LogP contribution in [-0.2, 0) is 55.8 Å². The minimum atomic E-state index is -4.93. The molecule has 0 bridgehead atoms. The van der Waals surface area contributed by atoms with Crippen molar-refractivity contribution in [3.8, 4) is 0 Å². The number of hydrogen-bond donors (Lipinski definition) is 4. The third kappa shape index (κ3) is 69.1. The maximum Gasteiger partial charge on any atom is 0.472 e. The standard InChI is InChI=1S/C75H128O16P2/c1-4-7-10-13-16-19-22-25-27-29-31-32-33-34-35-36-38-40-41-44-46-49-52-55-58-61-73(78)85-64-70(76)65-87-92(81,82)88-66-71(77)67-89-93(83,84)90-69-72(91-75(80)63-60-57-54-51-48-43-24-21-18-15-12-9-6-3)68-86-74(79)62-59-56-53-50-47-45-42-39-37-30-28-26-23-20-17-14-11-8-5-2/h7-8,10-11,16-17,19-21,24-28,31-32,34-35,37,39,70-72,76-77H,4-6,9,12-15,18,22-23,29-30,33,36,38,40-69H2,1-3H3,(H,81,82)(H,83,84)/b10-7-,11-8-,19-16-,20-17-,24-21-,27-25-,28-26-,32-31-,35-34-,39-37-. The van der Waals surface area contributed by atoms with Crippen LogP contribution in [0.5, 0.6) is 0 Å². The molecule has 93 heavy (non-hydrogen) atoms. The number of aliphatic hydroxyl groups is 2. The van der Waals surface area contributed by atoms with Crippen LogP contribution >= 0.6 is 15.6 Å². The lowest BCUT2D eigenvalue weighted by Crippen LogP contribution is -2.30. The van der Waals surface area contributed by atoms with Gasteiger partial charge in [-0.15, -0.1) is 0 Å². The molecule has 0 aliphatic heterocycles. The summed E-state index contributed by atoms with van der Waals surface area (Å²) in [5.74, 6) is -1.61. The van der Waals surface area contributed by atoms with Crippen LogP contribution in [0.15, 0.2) is 122 Å². The number of allylic oxidation sites excluding steroid dienone is 20. The SMILES string of the molecule is CC/C=C\C/C=C\C/C=C\C/C=C\C/C=C\CCCCCCCCCCCC(=O)OCC(O)COP(=O)(O)OCC(O)COP(=O)(O)OCC(COC(=O)CCCCCCCC/C=C\C/C=C\C/C=C\C/C=C\CC)OC(=O)CCCCCCC/C=C\CCCCCC. The van der Waals surface area contributed by atoms with Gasteiger partial charge in [0.2, 0.25) is 0 Å². The lowest BCUT2D eigenvalue weighted by molar-refractivity contribution is -0.161. The number of carbonyl (C=O) groups excluding carboxylic acids is 3. The zero-order chi connectivity index (χ0) is 68.1. The second kappa shape index (κ2) is 67.9. The molecule has 0 aliphatic carbocycles. The Kier molecular flexibility index (Phi) is 65.0. The van der Waals surface area contributed by atoms with Crippen LogP contribution in [0.4, 0.5) is 0 Å². The molecular weight excluding hydrogens is 1220 g/mol. The molecule has 0 heterocycles. The van der Waals surface area contributed by atoms with E-state index < -0.39 is 91.5 Å². The predicted molar refractivity (Wildman–Crippen MR) is 380 cm³/mol. The first-order valence-corrected chi connectivity index (χ1v) is 38.8. The van der Waals surface area contributed by atoms with Gasteiger partial charge in [0, 0.05) is 19.3 Å². The van der Waals surface area contributed by atoms with E-state index in [9.17, 15) is 43.5 Å². The van der Waals surface area contributed by atoms with Crippen LogP contribution in [0, 0.1) is 0 Å². The maximum atomic E-state index is 12.9. The Bertz CT molecular complexity index is 2180. The van der Waals surface area contributed by atoms with Gasteiger partial charge in [0.05, 0.1) is 26.4 Å². The first kappa shape index (κ1) is 89.0. The lowest BCUT2D eigenvalue weighted by Gasteiger charge is -2.21. The first-order valence-electron chi connectivity index (χ1n) is 35.8. The second-order valence-electron chi connectivity index (χ2n) is 23.6. The van der Waals surface area contributed by atoms with E-state index in [0.29, 0.717) is 19.3 Å². The Morgan fingerprint density at radius 2 is 0.570 bits per heavy atom. The molecule has 18 heteroatoms. The summed E-state index contributed by atoms with van der Waals surface area (Å²) in [5.41, 5.74) is 0. The number of phosphoric acid groups is 2. The lowest BCUT2D eigenvalue weighted by atomic mass is 10.1. The smallest absolute Gasteiger partial charge is 0.463 e. The quantitative estimate of drug-likeness (QED) is 0.0146. The highest BCUT2D eigenvalue weighted by Crippen LogP contribution is 2.45. The molecular formula is C75H128O16P2. The molecule has 16 nitrogen and oxygen atoms in total. The molecule has 0 radical (unpaired) electrons. The van der Waals surface area contributed by atoms with Crippen LogP contribution in [-0.4, -0.2) is 95.9 Å². The highest BCUT2D eigenvalue weighted by atomic mass is 31.2. The number of hydrogen-bond acceptors (Lipinski definition) is 14. The fourth-order valence-corrected chi connectivity index (χ4v) is 10.8. The van der Waals surface area contributed by atoms with E-state index in [4.69, 9.17) is 32.3 Å². The van der Waals surface area contributed by atoms with Crippen LogP contribution in [0.25, 0.3) is 0 Å². The summed E-state index contributed by atoms with van der Waals surface area (Å²) in [6, 6.07) is 0. The third-order valence-electron chi connectivity index (χ3n) is 14.7. The summed E-state index contributed by atoms with van der Waals surface area (Å²) >= 11 is 0. The molecule has 0 amide bonds. The van der Waals surface area contributed by atoms with Gasteiger partial charge in [0.25, 0.3) is 0 Å². The molecule has 0 aromatic carbocycles. The Morgan fingerprint density at radius 3 is 0.914 bits per heavy atom. The summed E-state index contributed by atoms with van der Waals surface area (Å²) in [6.07, 6.45) is 78.2. The van der Waals surface area contributed by atoms with Gasteiger partial charge in [0.15, 0.2) is 6.10 Å². The molecule has 0 aromatic rings. The zero-order valence-electron chi connectivity index (χ0n) is 57.9. The third-order valence-corrected chi connectivity index (χ3v) is 16.6. The van der Waals surface area contributed by atoms with Crippen LogP contribution in [0.3, 0.4) is 0 Å². The second-order valence-corrected chi connectivity index (χ2v) is 26.5. The van der Waals surface area contributed by atoms with Crippen molar-refractivity contribution in [2.45, 2.75) is 296 Å². The number of aliphatic hydroxyl groups excluding tert-OH is 2. The van der Waals surface area contributed by atoms with E-state index in [1.807, 2.05) is 0 Å². The van der Waals surface area contributed by atoms with Gasteiger partial charge in [0.1, 0.15) is 25.4 Å². The highest BCUT2D eigenvalue weighted by molar-refractivity contribution is 7.47. The summed E-state index contributed by atoms with van der Waals surface area (Å²) in [7, 11) is -9.79. The highest BCUT2D eigenvalue weighted by Gasteiger charge is 2.29. The molecule has 0 rings (SSSR count). The molecule has 0 saturated heterocycles. The van der Waals surface area contributed by atoms with E-state index in [1.54, 1.807) is 0 Å². The summed E-state index contributed by atoms with van der Waals surface area (Å²) in [6.45, 7) is 2.39. The Balaban J connectivity index is 4.58. The summed E-state index contributed by atoms with van der Waals surface area (Å²) in [4.78, 5) is 58.4. The minimum absolute atomic E-state index is 0.0892. The van der Waals surface area contributed by atoms with Crippen molar-refractivity contribution in [3.63, 3.8) is 0 Å². The molecule has 0 fully saturated rings. The van der Waals surface area contributed by atoms with Crippen molar-refractivity contribution in [2.24, 2.45) is 0 Å². The number of rotatable bonds is 67. The Morgan fingerprint density at radius 1 is 0.312 bits per heavy atom. The van der Waals surface area contributed by atoms with Gasteiger partial charge < -0.3 is 34.2 Å². The van der Waals surface area contributed by atoms with E-state index in [0.717, 1.165) is 167 Å². The van der Waals surface area contributed by atoms with Crippen molar-refractivity contribution in [1.82, 2.24) is 0 Å². The zero-order valence-corrected chi connectivity index (χ0v) is 59.7. The van der Waals surface area contributed by atoms with E-state index >= 15 is 0 Å². The monoisotopic (exact) mass is 1350 g/mol. The van der Waals surface area contributed by atoms with Crippen LogP contribution < -0.4 is 0 Å². The molecule has 5 atom stereocenters. The van der Waals surface area contributed by atoms with E-state index in [-0.39, 0.29) is 19.3 Å². The Labute approximate surface area is 563 Å². The fraction of sp³-hybridized carbons (Fsp3) is 0.693. The van der Waals surface area contributed by atoms with Crippen molar-refractivity contribution in [3.05, 3.63) is 122 Å². The average molecular weight is 1350 g/mol. The van der Waals surface area contributed by atoms with Gasteiger partial charge in [-0.25, -0.2) is 9.13 Å². The van der Waals surface area contributed by atoms with Gasteiger partial charge >= 0.3 is 33.6 Å². The van der Waals surface area contributed by atoms with Gasteiger partial charge in [-0.05, 0) is 128 Å². The molecule has 0 spiro atoms. The number of unbranched alkanes of at least 4 members (excludes halogenated alkanes) is 24. The summed E-state index contributed by atoms with van der Waals surface area (Å²) < 4.78 is 60.9. The fourth-order valence-electron chi connectivity index (χ4n) is 9.23. The normalized spacial score (nSPS) is 14.9. The van der Waals surface area contributed by atoms with Crippen LogP contribution in [0.1, 0.15) is 278 Å². The topological polar surface area (TPSA) is 231 Å². The number of ether oxygens (including phenoxy) is 3. The van der Waals surface area contributed by atoms with Crippen molar-refractivity contribution in [2.75, 3.05) is 39.6 Å². The molecule has 0 aliphatic rings. The van der Waals surface area contributed by atoms with Crippen molar-refractivity contribution < 1.29 is 75.8 Å². The summed E-state index contributed by atoms with van der Waals surface area (Å²) in [5, 5.41) is 20.6. The molecule has 0 saturated carbocycles. The number of phosphoric ester groups is 2. The minimum Gasteiger partial charge on any atom is -0.463 e. The number of esters is 3. The molecule has 4 N–H and O–H groups in total.